The molecule has 7 nitrogen and oxygen atoms in total. The van der Waals surface area contributed by atoms with Crippen LogP contribution in [0.3, 0.4) is 0 Å². The number of anilines is 1. The predicted octanol–water partition coefficient (Wildman–Crippen LogP) is 5.33. The van der Waals surface area contributed by atoms with Crippen LogP contribution in [0, 0.1) is 12.7 Å². The van der Waals surface area contributed by atoms with Crippen LogP contribution in [0.1, 0.15) is 23.2 Å². The van der Waals surface area contributed by atoms with Gasteiger partial charge < -0.3 is 14.5 Å². The molecule has 1 amide bonds. The van der Waals surface area contributed by atoms with E-state index in [0.717, 1.165) is 5.39 Å². The van der Waals surface area contributed by atoms with Crippen molar-refractivity contribution in [2.75, 3.05) is 11.9 Å². The van der Waals surface area contributed by atoms with E-state index in [1.54, 1.807) is 24.3 Å². The van der Waals surface area contributed by atoms with Crippen LogP contribution in [0.25, 0.3) is 26.3 Å². The lowest BCUT2D eigenvalue weighted by Crippen LogP contribution is -2.14. The van der Waals surface area contributed by atoms with Crippen LogP contribution in [0.15, 0.2) is 52.9 Å². The monoisotopic (exact) mass is 436 g/mol. The topological polar surface area (TPSA) is 82.2 Å². The molecule has 0 aliphatic heterocycles. The normalized spacial score (nSPS) is 11.3. The number of fused-ring (bicyclic) bond motifs is 2. The van der Waals surface area contributed by atoms with Gasteiger partial charge in [0.1, 0.15) is 11.6 Å². The lowest BCUT2D eigenvalue weighted by atomic mass is 10.2. The maximum Gasteiger partial charge on any atom is 0.292 e. The second-order valence-corrected chi connectivity index (χ2v) is 7.87. The van der Waals surface area contributed by atoms with Gasteiger partial charge in [-0.1, -0.05) is 23.5 Å². The van der Waals surface area contributed by atoms with E-state index in [2.05, 4.69) is 15.4 Å². The number of ether oxygens (including phenoxy) is 1. The molecule has 5 rings (SSSR count). The molecule has 0 aliphatic carbocycles. The first-order valence-electron chi connectivity index (χ1n) is 9.61. The van der Waals surface area contributed by atoms with Crippen LogP contribution < -0.4 is 10.1 Å². The molecule has 156 valence electrons. The largest absolute Gasteiger partial charge is 0.490 e. The molecule has 2 aromatic carbocycles. The summed E-state index contributed by atoms with van der Waals surface area (Å²) in [5, 5.41) is 8.56. The summed E-state index contributed by atoms with van der Waals surface area (Å²) in [7, 11) is 0. The quantitative estimate of drug-likeness (QED) is 0.403. The number of rotatable bonds is 5. The lowest BCUT2D eigenvalue weighted by molar-refractivity contribution is 0.0998. The Morgan fingerprint density at radius 2 is 2.13 bits per heavy atom. The Morgan fingerprint density at radius 1 is 1.26 bits per heavy atom. The van der Waals surface area contributed by atoms with Gasteiger partial charge >= 0.3 is 0 Å². The van der Waals surface area contributed by atoms with Crippen molar-refractivity contribution < 1.29 is 18.3 Å². The van der Waals surface area contributed by atoms with Crippen molar-refractivity contribution in [3.8, 4) is 10.9 Å². The number of hydrogen-bond acceptors (Lipinski definition) is 6. The SMILES string of the molecule is CCOc1cccc2cc(C(=O)Nc3cc(C)nn3-c3nc4ccc(F)cc4s3)oc12. The van der Waals surface area contributed by atoms with E-state index in [0.29, 0.717) is 44.8 Å². The van der Waals surface area contributed by atoms with Crippen molar-refractivity contribution in [3.05, 3.63) is 65.8 Å². The Bertz CT molecular complexity index is 1440. The average molecular weight is 436 g/mol. The lowest BCUT2D eigenvalue weighted by Gasteiger charge is -2.05. The van der Waals surface area contributed by atoms with Crippen molar-refractivity contribution in [1.82, 2.24) is 14.8 Å². The van der Waals surface area contributed by atoms with E-state index < -0.39 is 5.91 Å². The predicted molar refractivity (Wildman–Crippen MR) is 117 cm³/mol. The fourth-order valence-electron chi connectivity index (χ4n) is 3.31. The number of carbonyl (C=O) groups is 1. The summed E-state index contributed by atoms with van der Waals surface area (Å²) in [6, 6.07) is 13.3. The van der Waals surface area contributed by atoms with Crippen molar-refractivity contribution in [2.45, 2.75) is 13.8 Å². The zero-order chi connectivity index (χ0) is 21.5. The summed E-state index contributed by atoms with van der Waals surface area (Å²) in [6.07, 6.45) is 0. The smallest absolute Gasteiger partial charge is 0.292 e. The maximum atomic E-state index is 13.5. The molecule has 0 bridgehead atoms. The molecule has 5 aromatic rings. The average Bonchev–Trinajstić information content (AvgIpc) is 3.44. The standard InChI is InChI=1S/C22H17FN4O3S/c1-3-29-16-6-4-5-13-10-17(30-20(13)16)21(28)25-19-9-12(2)26-27(19)22-24-15-8-7-14(23)11-18(15)31-22/h4-11H,3H2,1-2H3,(H,25,28). The molecule has 31 heavy (non-hydrogen) atoms. The summed E-state index contributed by atoms with van der Waals surface area (Å²) >= 11 is 1.28. The van der Waals surface area contributed by atoms with Gasteiger partial charge in [0.2, 0.25) is 5.13 Å². The minimum atomic E-state index is -0.424. The molecule has 0 radical (unpaired) electrons. The minimum absolute atomic E-state index is 0.152. The molecule has 0 fully saturated rings. The van der Waals surface area contributed by atoms with E-state index in [1.165, 1.54) is 28.2 Å². The van der Waals surface area contributed by atoms with Gasteiger partial charge in [-0.2, -0.15) is 9.78 Å². The van der Waals surface area contributed by atoms with Crippen LogP contribution in [0.4, 0.5) is 10.2 Å². The van der Waals surface area contributed by atoms with Crippen molar-refractivity contribution in [3.63, 3.8) is 0 Å². The van der Waals surface area contributed by atoms with Crippen molar-refractivity contribution >= 4 is 44.2 Å². The van der Waals surface area contributed by atoms with E-state index in [4.69, 9.17) is 9.15 Å². The second kappa shape index (κ2) is 7.51. The summed E-state index contributed by atoms with van der Waals surface area (Å²) in [4.78, 5) is 17.4. The number of amides is 1. The summed E-state index contributed by atoms with van der Waals surface area (Å²) in [6.45, 7) is 4.19. The van der Waals surface area contributed by atoms with Crippen LogP contribution in [0.2, 0.25) is 0 Å². The van der Waals surface area contributed by atoms with E-state index in [-0.39, 0.29) is 11.6 Å². The zero-order valence-electron chi connectivity index (χ0n) is 16.7. The first kappa shape index (κ1) is 19.3. The minimum Gasteiger partial charge on any atom is -0.490 e. The van der Waals surface area contributed by atoms with Gasteiger partial charge in [-0.05, 0) is 44.2 Å². The summed E-state index contributed by atoms with van der Waals surface area (Å²) in [5.41, 5.74) is 1.88. The number of nitrogens with one attached hydrogen (secondary N) is 1. The number of nitrogens with zero attached hydrogens (tertiary/aromatic N) is 3. The maximum absolute atomic E-state index is 13.5. The Kier molecular flexibility index (Phi) is 4.67. The number of aromatic nitrogens is 3. The highest BCUT2D eigenvalue weighted by Gasteiger charge is 2.19. The summed E-state index contributed by atoms with van der Waals surface area (Å²) in [5.74, 6) is 0.421. The Balaban J connectivity index is 1.48. The highest BCUT2D eigenvalue weighted by atomic mass is 32.1. The Morgan fingerprint density at radius 3 is 2.97 bits per heavy atom. The molecule has 0 atom stereocenters. The molecule has 9 heteroatoms. The number of thiazole rings is 1. The number of benzene rings is 2. The highest BCUT2D eigenvalue weighted by Crippen LogP contribution is 2.30. The highest BCUT2D eigenvalue weighted by molar-refractivity contribution is 7.20. The van der Waals surface area contributed by atoms with Crippen LogP contribution in [0.5, 0.6) is 5.75 Å². The molecule has 0 spiro atoms. The zero-order valence-corrected chi connectivity index (χ0v) is 17.5. The first-order valence-corrected chi connectivity index (χ1v) is 10.4. The number of furan rings is 1. The van der Waals surface area contributed by atoms with Gasteiger partial charge in [0.25, 0.3) is 5.91 Å². The molecule has 0 saturated heterocycles. The number of aryl methyl sites for hydroxylation is 1. The van der Waals surface area contributed by atoms with Crippen LogP contribution in [-0.4, -0.2) is 27.3 Å². The third-order valence-corrected chi connectivity index (χ3v) is 5.62. The number of para-hydroxylation sites is 1. The molecule has 0 unspecified atom stereocenters. The van der Waals surface area contributed by atoms with Crippen molar-refractivity contribution in [1.29, 1.82) is 0 Å². The van der Waals surface area contributed by atoms with E-state index in [9.17, 15) is 9.18 Å². The van der Waals surface area contributed by atoms with E-state index in [1.807, 2.05) is 26.0 Å². The number of carbonyl (C=O) groups excluding carboxylic acids is 1. The molecule has 1 N–H and O–H groups in total. The van der Waals surface area contributed by atoms with Gasteiger partial charge in [-0.15, -0.1) is 0 Å². The second-order valence-electron chi connectivity index (χ2n) is 6.86. The third kappa shape index (κ3) is 3.53. The summed E-state index contributed by atoms with van der Waals surface area (Å²) < 4.78 is 27.1. The first-order chi connectivity index (χ1) is 15.0. The Hall–Kier alpha value is -3.72. The molecule has 3 aromatic heterocycles. The fraction of sp³-hybridized carbons (Fsp3) is 0.136. The third-order valence-electron chi connectivity index (χ3n) is 4.63. The van der Waals surface area contributed by atoms with E-state index >= 15 is 0 Å². The molecule has 0 saturated carbocycles. The van der Waals surface area contributed by atoms with Gasteiger partial charge in [-0.3, -0.25) is 4.79 Å². The van der Waals surface area contributed by atoms with Gasteiger partial charge in [-0.25, -0.2) is 9.37 Å². The fourth-order valence-corrected chi connectivity index (χ4v) is 4.26. The van der Waals surface area contributed by atoms with Gasteiger partial charge in [0.05, 0.1) is 22.5 Å². The number of halogens is 1. The number of hydrogen-bond donors (Lipinski definition) is 1. The molecular weight excluding hydrogens is 419 g/mol. The van der Waals surface area contributed by atoms with Gasteiger partial charge in [0.15, 0.2) is 17.1 Å². The van der Waals surface area contributed by atoms with Gasteiger partial charge in [0, 0.05) is 11.5 Å². The Labute approximate surface area is 180 Å². The van der Waals surface area contributed by atoms with Crippen molar-refractivity contribution in [2.24, 2.45) is 0 Å². The molecular formula is C22H17FN4O3S. The molecule has 3 heterocycles. The molecule has 0 aliphatic rings. The van der Waals surface area contributed by atoms with Crippen LogP contribution >= 0.6 is 11.3 Å². The van der Waals surface area contributed by atoms with Crippen LogP contribution in [-0.2, 0) is 0 Å².